The minimum absolute atomic E-state index is 0.144. The molecule has 6 heteroatoms. The van der Waals surface area contributed by atoms with Gasteiger partial charge in [0.25, 0.3) is 0 Å². The van der Waals surface area contributed by atoms with Crippen molar-refractivity contribution in [2.45, 2.75) is 4.90 Å². The number of hydrogen-bond acceptors (Lipinski definition) is 3. The van der Waals surface area contributed by atoms with Gasteiger partial charge in [-0.05, 0) is 42.1 Å². The molecule has 2 nitrogen and oxygen atoms in total. The number of nitrogens with zero attached hydrogens (tertiary/aromatic N) is 1. The summed E-state index contributed by atoms with van der Waals surface area (Å²) in [5, 5.41) is 0.928. The average molecular weight is 319 g/mol. The number of pyridine rings is 1. The lowest BCUT2D eigenvalue weighted by Gasteiger charge is -2.03. The summed E-state index contributed by atoms with van der Waals surface area (Å²) in [4.78, 5) is 16.6. The number of carbonyl (C=O) groups excluding carboxylic acids is 1. The van der Waals surface area contributed by atoms with E-state index in [-0.39, 0.29) is 10.3 Å². The van der Waals surface area contributed by atoms with Crippen molar-refractivity contribution in [3.8, 4) is 0 Å². The molecule has 0 N–H and O–H groups in total. The maximum atomic E-state index is 12.0. The molecule has 0 atom stereocenters. The van der Waals surface area contributed by atoms with Crippen LogP contribution in [0.15, 0.2) is 41.4 Å². The molecular weight excluding hydrogens is 313 g/mol. The fraction of sp³-hybridized carbons (Fsp3) is 0. The zero-order valence-corrected chi connectivity index (χ0v) is 11.9. The Morgan fingerprint density at radius 2 is 1.72 bits per heavy atom. The van der Waals surface area contributed by atoms with Crippen molar-refractivity contribution < 1.29 is 4.79 Å². The fourth-order valence-electron chi connectivity index (χ4n) is 1.23. The predicted molar refractivity (Wildman–Crippen MR) is 75.9 cm³/mol. The van der Waals surface area contributed by atoms with Crippen molar-refractivity contribution >= 4 is 51.7 Å². The molecule has 1 aromatic heterocycles. The van der Waals surface area contributed by atoms with E-state index in [1.807, 2.05) is 0 Å². The SMILES string of the molecule is O=C(Sc1ccc(Cl)cc1)c1cc(Cl)cnc1Cl. The highest BCUT2D eigenvalue weighted by molar-refractivity contribution is 8.14. The molecule has 0 fully saturated rings. The van der Waals surface area contributed by atoms with Crippen LogP contribution >= 0.6 is 46.6 Å². The second-order valence-corrected chi connectivity index (χ2v) is 5.61. The van der Waals surface area contributed by atoms with Crippen LogP contribution in [0.1, 0.15) is 10.4 Å². The molecule has 0 radical (unpaired) electrons. The molecule has 1 aromatic carbocycles. The smallest absolute Gasteiger partial charge is 0.227 e. The van der Waals surface area contributed by atoms with Gasteiger partial charge in [0, 0.05) is 16.1 Å². The van der Waals surface area contributed by atoms with Gasteiger partial charge in [-0.2, -0.15) is 0 Å². The molecule has 0 spiro atoms. The van der Waals surface area contributed by atoms with Crippen LogP contribution in [0.25, 0.3) is 0 Å². The van der Waals surface area contributed by atoms with E-state index in [1.54, 1.807) is 24.3 Å². The molecular formula is C12H6Cl3NOS. The number of halogens is 3. The Morgan fingerprint density at radius 1 is 1.06 bits per heavy atom. The highest BCUT2D eigenvalue weighted by atomic mass is 35.5. The van der Waals surface area contributed by atoms with E-state index in [1.165, 1.54) is 12.3 Å². The topological polar surface area (TPSA) is 30.0 Å². The van der Waals surface area contributed by atoms with E-state index in [0.717, 1.165) is 16.7 Å². The van der Waals surface area contributed by atoms with Crippen LogP contribution in [0.2, 0.25) is 15.2 Å². The highest BCUT2D eigenvalue weighted by Crippen LogP contribution is 2.28. The van der Waals surface area contributed by atoms with Crippen molar-refractivity contribution in [3.05, 3.63) is 57.3 Å². The molecule has 18 heavy (non-hydrogen) atoms. The molecule has 0 unspecified atom stereocenters. The molecule has 0 saturated carbocycles. The Bertz CT molecular complexity index is 586. The van der Waals surface area contributed by atoms with E-state index in [2.05, 4.69) is 4.98 Å². The van der Waals surface area contributed by atoms with Crippen LogP contribution in [0, 0.1) is 0 Å². The second-order valence-electron chi connectivity index (χ2n) is 3.34. The third kappa shape index (κ3) is 3.39. The number of aromatic nitrogens is 1. The molecule has 1 heterocycles. The van der Waals surface area contributed by atoms with Gasteiger partial charge in [-0.15, -0.1) is 0 Å². The van der Waals surface area contributed by atoms with Crippen molar-refractivity contribution in [2.75, 3.05) is 0 Å². The number of thioether (sulfide) groups is 1. The third-order valence-electron chi connectivity index (χ3n) is 2.05. The summed E-state index contributed by atoms with van der Waals surface area (Å²) >= 11 is 18.5. The minimum Gasteiger partial charge on any atom is -0.281 e. The Balaban J connectivity index is 2.21. The van der Waals surface area contributed by atoms with Gasteiger partial charge < -0.3 is 0 Å². The Hall–Kier alpha value is -0.740. The molecule has 0 aliphatic heterocycles. The first-order valence-corrected chi connectivity index (χ1v) is 6.80. The van der Waals surface area contributed by atoms with Gasteiger partial charge in [-0.25, -0.2) is 4.98 Å². The molecule has 0 aliphatic carbocycles. The zero-order chi connectivity index (χ0) is 13.1. The lowest BCUT2D eigenvalue weighted by Crippen LogP contribution is -1.96. The summed E-state index contributed by atoms with van der Waals surface area (Å²) in [5.74, 6) is 0. The van der Waals surface area contributed by atoms with Gasteiger partial charge >= 0.3 is 0 Å². The van der Waals surface area contributed by atoms with E-state index >= 15 is 0 Å². The summed E-state index contributed by atoms with van der Waals surface area (Å²) < 4.78 is 0. The summed E-state index contributed by atoms with van der Waals surface area (Å²) in [6.07, 6.45) is 1.40. The highest BCUT2D eigenvalue weighted by Gasteiger charge is 2.13. The van der Waals surface area contributed by atoms with Gasteiger partial charge in [-0.3, -0.25) is 4.79 Å². The molecule has 2 rings (SSSR count). The maximum Gasteiger partial charge on any atom is 0.227 e. The summed E-state index contributed by atoms with van der Waals surface area (Å²) in [5.41, 5.74) is 0.295. The van der Waals surface area contributed by atoms with Crippen LogP contribution in [0.5, 0.6) is 0 Å². The monoisotopic (exact) mass is 317 g/mol. The summed E-state index contributed by atoms with van der Waals surface area (Å²) in [6.45, 7) is 0. The number of benzene rings is 1. The standard InChI is InChI=1S/C12H6Cl3NOS/c13-7-1-3-9(4-2-7)18-12(17)10-5-8(14)6-16-11(10)15/h1-6H. The second kappa shape index (κ2) is 5.93. The molecule has 2 aromatic rings. The Labute approximate surface area is 123 Å². The van der Waals surface area contributed by atoms with Crippen LogP contribution in [-0.4, -0.2) is 10.1 Å². The van der Waals surface area contributed by atoms with Crippen molar-refractivity contribution in [1.82, 2.24) is 4.98 Å². The normalized spacial score (nSPS) is 10.4. The third-order valence-corrected chi connectivity index (χ3v) is 3.72. The lowest BCUT2D eigenvalue weighted by atomic mass is 10.3. The van der Waals surface area contributed by atoms with Gasteiger partial charge in [0.15, 0.2) is 0 Å². The lowest BCUT2D eigenvalue weighted by molar-refractivity contribution is 0.108. The van der Waals surface area contributed by atoms with Crippen molar-refractivity contribution in [3.63, 3.8) is 0 Å². The summed E-state index contributed by atoms with van der Waals surface area (Å²) in [6, 6.07) is 8.46. The first-order valence-electron chi connectivity index (χ1n) is 4.85. The van der Waals surface area contributed by atoms with Crippen LogP contribution < -0.4 is 0 Å². The van der Waals surface area contributed by atoms with Gasteiger partial charge in [0.1, 0.15) is 5.15 Å². The van der Waals surface area contributed by atoms with E-state index in [0.29, 0.717) is 15.6 Å². The van der Waals surface area contributed by atoms with Gasteiger partial charge in [0.2, 0.25) is 5.12 Å². The van der Waals surface area contributed by atoms with E-state index in [4.69, 9.17) is 34.8 Å². The minimum atomic E-state index is -0.211. The van der Waals surface area contributed by atoms with E-state index in [9.17, 15) is 4.79 Å². The first kappa shape index (κ1) is 13.7. The Kier molecular flexibility index (Phi) is 4.51. The number of carbonyl (C=O) groups is 1. The summed E-state index contributed by atoms with van der Waals surface area (Å²) in [7, 11) is 0. The fourth-order valence-corrected chi connectivity index (χ4v) is 2.51. The first-order chi connectivity index (χ1) is 8.56. The van der Waals surface area contributed by atoms with Crippen LogP contribution in [0.4, 0.5) is 0 Å². The maximum absolute atomic E-state index is 12.0. The quantitative estimate of drug-likeness (QED) is 0.578. The van der Waals surface area contributed by atoms with E-state index < -0.39 is 0 Å². The predicted octanol–water partition coefficient (Wildman–Crippen LogP) is 4.97. The van der Waals surface area contributed by atoms with Gasteiger partial charge in [0.05, 0.1) is 10.6 Å². The Morgan fingerprint density at radius 3 is 2.39 bits per heavy atom. The molecule has 0 bridgehead atoms. The number of hydrogen-bond donors (Lipinski definition) is 0. The van der Waals surface area contributed by atoms with Gasteiger partial charge in [-0.1, -0.05) is 34.8 Å². The molecule has 0 saturated heterocycles. The largest absolute Gasteiger partial charge is 0.281 e. The number of rotatable bonds is 2. The average Bonchev–Trinajstić information content (AvgIpc) is 2.35. The molecule has 0 amide bonds. The van der Waals surface area contributed by atoms with Crippen molar-refractivity contribution in [2.24, 2.45) is 0 Å². The zero-order valence-electron chi connectivity index (χ0n) is 8.86. The molecule has 92 valence electrons. The van der Waals surface area contributed by atoms with Crippen molar-refractivity contribution in [1.29, 1.82) is 0 Å². The van der Waals surface area contributed by atoms with Crippen LogP contribution in [0.3, 0.4) is 0 Å². The van der Waals surface area contributed by atoms with Crippen LogP contribution in [-0.2, 0) is 0 Å². The molecule has 0 aliphatic rings.